The first-order valence-corrected chi connectivity index (χ1v) is 13.3. The highest BCUT2D eigenvalue weighted by Crippen LogP contribution is 2.28. The van der Waals surface area contributed by atoms with E-state index in [1.165, 1.54) is 5.56 Å². The summed E-state index contributed by atoms with van der Waals surface area (Å²) < 4.78 is 0. The Labute approximate surface area is 221 Å². The summed E-state index contributed by atoms with van der Waals surface area (Å²) >= 11 is 19.6. The Morgan fingerprint density at radius 2 is 1.59 bits per heavy atom. The van der Waals surface area contributed by atoms with E-state index in [1.54, 1.807) is 11.8 Å². The molecule has 3 rings (SSSR count). The summed E-state index contributed by atoms with van der Waals surface area (Å²) in [5, 5.41) is 8.24. The number of carbonyl (C=O) groups excluding carboxylic acids is 1. The summed E-state index contributed by atoms with van der Waals surface area (Å²) in [6, 6.07) is 20.7. The number of nitrogens with one attached hydrogen (secondary N) is 2. The van der Waals surface area contributed by atoms with Crippen molar-refractivity contribution in [2.24, 2.45) is 0 Å². The zero-order chi connectivity index (χ0) is 24.7. The second-order valence-electron chi connectivity index (χ2n) is 8.87. The monoisotopic (exact) mass is 530 g/mol. The number of rotatable bonds is 8. The van der Waals surface area contributed by atoms with Gasteiger partial charge in [-0.1, -0.05) is 86.4 Å². The number of carbonyl (C=O) groups is 1. The summed E-state index contributed by atoms with van der Waals surface area (Å²) in [5.41, 5.74) is 4.25. The van der Waals surface area contributed by atoms with Gasteiger partial charge in [0.25, 0.3) is 0 Å². The van der Waals surface area contributed by atoms with Crippen LogP contribution in [0.5, 0.6) is 0 Å². The Morgan fingerprint density at radius 3 is 2.24 bits per heavy atom. The number of thiocarbonyl (C=S) groups is 1. The SMILES string of the molecule is CC(C)(C)c1ccc(C(=O)c2cccc(NC(=S)NCCSCc3c(Cl)cccc3Cl)c2)cc1. The molecule has 0 unspecified atom stereocenters. The van der Waals surface area contributed by atoms with Crippen LogP contribution in [0.4, 0.5) is 5.69 Å². The third kappa shape index (κ3) is 7.47. The van der Waals surface area contributed by atoms with Crippen molar-refractivity contribution in [3.05, 3.63) is 99.0 Å². The molecule has 0 aliphatic carbocycles. The second kappa shape index (κ2) is 12.1. The minimum Gasteiger partial charge on any atom is -0.362 e. The molecule has 0 amide bonds. The van der Waals surface area contributed by atoms with Crippen LogP contribution >= 0.6 is 47.2 Å². The van der Waals surface area contributed by atoms with Crippen molar-refractivity contribution in [3.8, 4) is 0 Å². The van der Waals surface area contributed by atoms with Gasteiger partial charge in [0, 0.05) is 44.9 Å². The van der Waals surface area contributed by atoms with Gasteiger partial charge in [0.2, 0.25) is 0 Å². The lowest BCUT2D eigenvalue weighted by atomic mass is 9.86. The quantitative estimate of drug-likeness (QED) is 0.177. The third-order valence-electron chi connectivity index (χ3n) is 5.24. The average Bonchev–Trinajstić information content (AvgIpc) is 2.80. The lowest BCUT2D eigenvalue weighted by Crippen LogP contribution is -2.30. The van der Waals surface area contributed by atoms with Crippen LogP contribution < -0.4 is 10.6 Å². The van der Waals surface area contributed by atoms with Gasteiger partial charge in [-0.3, -0.25) is 4.79 Å². The van der Waals surface area contributed by atoms with Crippen LogP contribution in [0, 0.1) is 0 Å². The molecular weight excluding hydrogens is 503 g/mol. The van der Waals surface area contributed by atoms with Crippen molar-refractivity contribution in [3.63, 3.8) is 0 Å². The predicted octanol–water partition coefficient (Wildman–Crippen LogP) is 7.74. The van der Waals surface area contributed by atoms with Gasteiger partial charge in [-0.25, -0.2) is 0 Å². The van der Waals surface area contributed by atoms with E-state index in [1.807, 2.05) is 66.7 Å². The van der Waals surface area contributed by atoms with Gasteiger partial charge < -0.3 is 10.6 Å². The van der Waals surface area contributed by atoms with E-state index in [9.17, 15) is 4.79 Å². The molecule has 0 spiro atoms. The highest BCUT2D eigenvalue weighted by molar-refractivity contribution is 7.98. The Kier molecular flexibility index (Phi) is 9.43. The third-order valence-corrected chi connectivity index (χ3v) is 7.18. The Balaban J connectivity index is 1.49. The van der Waals surface area contributed by atoms with E-state index >= 15 is 0 Å². The fourth-order valence-electron chi connectivity index (χ4n) is 3.28. The number of thioether (sulfide) groups is 1. The summed E-state index contributed by atoms with van der Waals surface area (Å²) in [6.45, 7) is 7.16. The van der Waals surface area contributed by atoms with Crippen molar-refractivity contribution in [2.75, 3.05) is 17.6 Å². The molecule has 3 aromatic carbocycles. The van der Waals surface area contributed by atoms with Crippen LogP contribution in [0.15, 0.2) is 66.7 Å². The molecule has 0 radical (unpaired) electrons. The molecule has 2 N–H and O–H groups in total. The molecule has 0 aromatic heterocycles. The van der Waals surface area contributed by atoms with Crippen molar-refractivity contribution in [1.29, 1.82) is 0 Å². The summed E-state index contributed by atoms with van der Waals surface area (Å²) in [5.74, 6) is 1.56. The Bertz CT molecular complexity index is 1140. The highest BCUT2D eigenvalue weighted by atomic mass is 35.5. The zero-order valence-corrected chi connectivity index (χ0v) is 22.6. The number of hydrogen-bond acceptors (Lipinski definition) is 3. The molecule has 0 aliphatic heterocycles. The number of anilines is 1. The Morgan fingerprint density at radius 1 is 0.941 bits per heavy atom. The van der Waals surface area contributed by atoms with Gasteiger partial charge in [-0.2, -0.15) is 11.8 Å². The standard InChI is InChI=1S/C27H28Cl2N2OS2/c1-27(2,3)20-12-10-18(11-13-20)25(32)19-6-4-7-21(16-19)31-26(33)30-14-15-34-17-22-23(28)8-5-9-24(22)29/h4-13,16H,14-15,17H2,1-3H3,(H2,30,31,33). The van der Waals surface area contributed by atoms with Crippen LogP contribution in [0.25, 0.3) is 0 Å². The van der Waals surface area contributed by atoms with Crippen LogP contribution in [0.3, 0.4) is 0 Å². The second-order valence-corrected chi connectivity index (χ2v) is 11.2. The maximum atomic E-state index is 13.0. The van der Waals surface area contributed by atoms with Crippen molar-refractivity contribution < 1.29 is 4.79 Å². The van der Waals surface area contributed by atoms with Gasteiger partial charge in [0.15, 0.2) is 10.9 Å². The average molecular weight is 532 g/mol. The first kappa shape index (κ1) is 26.6. The molecule has 34 heavy (non-hydrogen) atoms. The van der Waals surface area contributed by atoms with Gasteiger partial charge in [0.05, 0.1) is 0 Å². The molecule has 0 bridgehead atoms. The molecule has 0 saturated carbocycles. The van der Waals surface area contributed by atoms with Gasteiger partial charge in [0.1, 0.15) is 0 Å². The van der Waals surface area contributed by atoms with Crippen LogP contribution in [-0.4, -0.2) is 23.2 Å². The fraction of sp³-hybridized carbons (Fsp3) is 0.259. The fourth-order valence-corrected chi connectivity index (χ4v) is 5.10. The normalized spacial score (nSPS) is 11.2. The minimum atomic E-state index is -0.0161. The molecule has 0 fully saturated rings. The number of hydrogen-bond donors (Lipinski definition) is 2. The van der Waals surface area contributed by atoms with Crippen LogP contribution in [0.1, 0.15) is 47.8 Å². The number of benzene rings is 3. The van der Waals surface area contributed by atoms with Gasteiger partial charge >= 0.3 is 0 Å². The molecule has 178 valence electrons. The zero-order valence-electron chi connectivity index (χ0n) is 19.5. The van der Waals surface area contributed by atoms with Crippen molar-refractivity contribution >= 4 is 63.8 Å². The van der Waals surface area contributed by atoms with E-state index < -0.39 is 0 Å². The lowest BCUT2D eigenvalue weighted by Gasteiger charge is -2.19. The lowest BCUT2D eigenvalue weighted by molar-refractivity contribution is 0.103. The first-order chi connectivity index (χ1) is 16.1. The molecule has 3 nitrogen and oxygen atoms in total. The van der Waals surface area contributed by atoms with E-state index in [4.69, 9.17) is 35.4 Å². The van der Waals surface area contributed by atoms with Crippen LogP contribution in [0.2, 0.25) is 10.0 Å². The van der Waals surface area contributed by atoms with E-state index in [2.05, 4.69) is 31.4 Å². The Hall–Kier alpha value is -2.05. The highest BCUT2D eigenvalue weighted by Gasteiger charge is 2.15. The molecule has 0 heterocycles. The molecule has 0 aliphatic rings. The predicted molar refractivity (Wildman–Crippen MR) is 152 cm³/mol. The largest absolute Gasteiger partial charge is 0.362 e. The first-order valence-electron chi connectivity index (χ1n) is 11.0. The molecule has 0 saturated heterocycles. The summed E-state index contributed by atoms with van der Waals surface area (Å²) in [7, 11) is 0. The summed E-state index contributed by atoms with van der Waals surface area (Å²) in [4.78, 5) is 13.0. The smallest absolute Gasteiger partial charge is 0.193 e. The van der Waals surface area contributed by atoms with E-state index in [0.717, 1.165) is 22.8 Å². The number of ketones is 1. The van der Waals surface area contributed by atoms with Gasteiger partial charge in [-0.05, 0) is 53.0 Å². The molecule has 7 heteroatoms. The summed E-state index contributed by atoms with van der Waals surface area (Å²) in [6.07, 6.45) is 0. The molecular formula is C27H28Cl2N2OS2. The topological polar surface area (TPSA) is 41.1 Å². The van der Waals surface area contributed by atoms with E-state index in [-0.39, 0.29) is 11.2 Å². The van der Waals surface area contributed by atoms with Crippen molar-refractivity contribution in [2.45, 2.75) is 31.9 Å². The molecule has 0 atom stereocenters. The minimum absolute atomic E-state index is 0.0161. The maximum absolute atomic E-state index is 13.0. The molecule has 3 aromatic rings. The van der Waals surface area contributed by atoms with Gasteiger partial charge in [-0.15, -0.1) is 0 Å². The number of halogens is 2. The van der Waals surface area contributed by atoms with Crippen LogP contribution in [-0.2, 0) is 11.2 Å². The van der Waals surface area contributed by atoms with Crippen molar-refractivity contribution in [1.82, 2.24) is 5.32 Å². The maximum Gasteiger partial charge on any atom is 0.193 e. The van der Waals surface area contributed by atoms with E-state index in [0.29, 0.717) is 32.8 Å².